The molecule has 1 aromatic heterocycles. The van der Waals surface area contributed by atoms with Crippen LogP contribution in [-0.2, 0) is 11.2 Å². The first-order valence-corrected chi connectivity index (χ1v) is 8.90. The van der Waals surface area contributed by atoms with E-state index in [0.29, 0.717) is 12.2 Å². The SMILES string of the molecule is CC(C)c1cc(C(=O)NCC(Cc2cccc3ccccc23)C(=O)O)no1. The number of hydrogen-bond donors (Lipinski definition) is 2. The standard InChI is InChI=1S/C21H22N2O4/c1-13(2)19-11-18(23-27-19)20(24)22-12-16(21(25)26)10-15-8-5-7-14-6-3-4-9-17(14)15/h3-9,11,13,16H,10,12H2,1-2H3,(H,22,24)(H,25,26). The van der Waals surface area contributed by atoms with E-state index in [9.17, 15) is 14.7 Å². The van der Waals surface area contributed by atoms with Gasteiger partial charge in [0.05, 0.1) is 5.92 Å². The maximum atomic E-state index is 12.2. The summed E-state index contributed by atoms with van der Waals surface area (Å²) in [6, 6.07) is 15.3. The van der Waals surface area contributed by atoms with Gasteiger partial charge in [0.15, 0.2) is 5.69 Å². The Hall–Kier alpha value is -3.15. The number of aromatic nitrogens is 1. The molecular formula is C21H22N2O4. The molecule has 2 aromatic carbocycles. The lowest BCUT2D eigenvalue weighted by Gasteiger charge is -2.14. The fourth-order valence-corrected chi connectivity index (χ4v) is 2.96. The zero-order chi connectivity index (χ0) is 19.4. The molecule has 6 nitrogen and oxygen atoms in total. The molecule has 1 heterocycles. The van der Waals surface area contributed by atoms with Gasteiger partial charge in [0, 0.05) is 18.5 Å². The van der Waals surface area contributed by atoms with Gasteiger partial charge in [-0.25, -0.2) is 0 Å². The second-order valence-corrected chi connectivity index (χ2v) is 6.86. The van der Waals surface area contributed by atoms with Crippen LogP contribution in [0.3, 0.4) is 0 Å². The number of nitrogens with one attached hydrogen (secondary N) is 1. The van der Waals surface area contributed by atoms with Gasteiger partial charge in [0.2, 0.25) is 0 Å². The third kappa shape index (κ3) is 4.34. The van der Waals surface area contributed by atoms with Crippen molar-refractivity contribution < 1.29 is 19.2 Å². The topological polar surface area (TPSA) is 92.4 Å². The molecule has 1 atom stereocenters. The van der Waals surface area contributed by atoms with Gasteiger partial charge in [-0.15, -0.1) is 0 Å². The molecule has 27 heavy (non-hydrogen) atoms. The summed E-state index contributed by atoms with van der Waals surface area (Å²) in [6.07, 6.45) is 0.326. The van der Waals surface area contributed by atoms with Crippen molar-refractivity contribution in [3.05, 3.63) is 65.5 Å². The van der Waals surface area contributed by atoms with E-state index in [1.165, 1.54) is 0 Å². The van der Waals surface area contributed by atoms with Crippen molar-refractivity contribution in [2.24, 2.45) is 5.92 Å². The van der Waals surface area contributed by atoms with Gasteiger partial charge in [-0.2, -0.15) is 0 Å². The Kier molecular flexibility index (Phi) is 5.54. The first-order chi connectivity index (χ1) is 13.0. The number of fused-ring (bicyclic) bond motifs is 1. The third-order valence-corrected chi connectivity index (χ3v) is 4.53. The predicted molar refractivity (Wildman–Crippen MR) is 102 cm³/mol. The Labute approximate surface area is 157 Å². The average Bonchev–Trinajstić information content (AvgIpc) is 3.15. The summed E-state index contributed by atoms with van der Waals surface area (Å²) in [5.74, 6) is -1.39. The molecule has 0 bridgehead atoms. The lowest BCUT2D eigenvalue weighted by atomic mass is 9.95. The molecule has 1 amide bonds. The van der Waals surface area contributed by atoms with Crippen LogP contribution >= 0.6 is 0 Å². The zero-order valence-corrected chi connectivity index (χ0v) is 15.3. The molecule has 140 valence electrons. The molecule has 0 aliphatic carbocycles. The molecule has 3 aromatic rings. The highest BCUT2D eigenvalue weighted by Gasteiger charge is 2.21. The van der Waals surface area contributed by atoms with Crippen molar-refractivity contribution in [1.29, 1.82) is 0 Å². The zero-order valence-electron chi connectivity index (χ0n) is 15.3. The van der Waals surface area contributed by atoms with E-state index >= 15 is 0 Å². The third-order valence-electron chi connectivity index (χ3n) is 4.53. The summed E-state index contributed by atoms with van der Waals surface area (Å²) >= 11 is 0. The number of nitrogens with zero attached hydrogens (tertiary/aromatic N) is 1. The Morgan fingerprint density at radius 2 is 1.89 bits per heavy atom. The number of carboxylic acid groups (broad SMARTS) is 1. The Morgan fingerprint density at radius 1 is 1.15 bits per heavy atom. The van der Waals surface area contributed by atoms with Crippen molar-refractivity contribution in [2.75, 3.05) is 6.54 Å². The van der Waals surface area contributed by atoms with Crippen molar-refractivity contribution in [2.45, 2.75) is 26.2 Å². The quantitative estimate of drug-likeness (QED) is 0.666. The van der Waals surface area contributed by atoms with Gasteiger partial charge in [-0.3, -0.25) is 9.59 Å². The fourth-order valence-electron chi connectivity index (χ4n) is 2.96. The van der Waals surface area contributed by atoms with Crippen LogP contribution in [0.5, 0.6) is 0 Å². The van der Waals surface area contributed by atoms with Gasteiger partial charge in [0.1, 0.15) is 5.76 Å². The number of hydrogen-bond acceptors (Lipinski definition) is 4. The number of carbonyl (C=O) groups is 2. The van der Waals surface area contributed by atoms with Gasteiger partial charge >= 0.3 is 5.97 Å². The molecular weight excluding hydrogens is 344 g/mol. The minimum Gasteiger partial charge on any atom is -0.481 e. The van der Waals surface area contributed by atoms with Crippen molar-refractivity contribution in [1.82, 2.24) is 10.5 Å². The van der Waals surface area contributed by atoms with E-state index in [1.54, 1.807) is 6.07 Å². The van der Waals surface area contributed by atoms with Crippen LogP contribution in [0.25, 0.3) is 10.8 Å². The van der Waals surface area contributed by atoms with E-state index in [4.69, 9.17) is 4.52 Å². The second kappa shape index (κ2) is 8.03. The van der Waals surface area contributed by atoms with Crippen molar-refractivity contribution in [3.63, 3.8) is 0 Å². The lowest BCUT2D eigenvalue weighted by molar-refractivity contribution is -0.141. The molecule has 1 unspecified atom stereocenters. The van der Waals surface area contributed by atoms with Crippen LogP contribution in [0.15, 0.2) is 53.1 Å². The van der Waals surface area contributed by atoms with Gasteiger partial charge in [-0.1, -0.05) is 61.5 Å². The number of carboxylic acids is 1. The minimum atomic E-state index is -0.953. The predicted octanol–water partition coefficient (Wildman–Crippen LogP) is 3.62. The van der Waals surface area contributed by atoms with Crippen molar-refractivity contribution in [3.8, 4) is 0 Å². The van der Waals surface area contributed by atoms with Crippen LogP contribution in [-0.4, -0.2) is 28.7 Å². The van der Waals surface area contributed by atoms with Gasteiger partial charge in [-0.05, 0) is 22.8 Å². The highest BCUT2D eigenvalue weighted by atomic mass is 16.5. The van der Waals surface area contributed by atoms with E-state index < -0.39 is 17.8 Å². The van der Waals surface area contributed by atoms with E-state index in [1.807, 2.05) is 56.3 Å². The largest absolute Gasteiger partial charge is 0.481 e. The summed E-state index contributed by atoms with van der Waals surface area (Å²) < 4.78 is 5.12. The van der Waals surface area contributed by atoms with Crippen LogP contribution in [0.4, 0.5) is 0 Å². The molecule has 0 fully saturated rings. The van der Waals surface area contributed by atoms with Gasteiger partial charge < -0.3 is 14.9 Å². The normalized spacial score (nSPS) is 12.3. The summed E-state index contributed by atoms with van der Waals surface area (Å²) in [6.45, 7) is 3.89. The summed E-state index contributed by atoms with van der Waals surface area (Å²) in [5.41, 5.74) is 1.10. The minimum absolute atomic E-state index is 0.0151. The van der Waals surface area contributed by atoms with Crippen LogP contribution < -0.4 is 5.32 Å². The number of rotatable bonds is 7. The number of aliphatic carboxylic acids is 1. The average molecular weight is 366 g/mol. The first-order valence-electron chi connectivity index (χ1n) is 8.90. The molecule has 3 rings (SSSR count). The fraction of sp³-hybridized carbons (Fsp3) is 0.286. The highest BCUT2D eigenvalue weighted by molar-refractivity contribution is 5.92. The summed E-state index contributed by atoms with van der Waals surface area (Å²) in [4.78, 5) is 23.9. The molecule has 0 radical (unpaired) electrons. The van der Waals surface area contributed by atoms with Crippen LogP contribution in [0.1, 0.15) is 41.6 Å². The van der Waals surface area contributed by atoms with Crippen molar-refractivity contribution >= 4 is 22.6 Å². The smallest absolute Gasteiger partial charge is 0.308 e. The maximum absolute atomic E-state index is 12.2. The monoisotopic (exact) mass is 366 g/mol. The molecule has 0 saturated carbocycles. The summed E-state index contributed by atoms with van der Waals surface area (Å²) in [5, 5.41) is 18.1. The van der Waals surface area contributed by atoms with E-state index in [-0.39, 0.29) is 18.2 Å². The highest BCUT2D eigenvalue weighted by Crippen LogP contribution is 2.21. The Bertz CT molecular complexity index is 956. The van der Waals surface area contributed by atoms with E-state index in [2.05, 4.69) is 10.5 Å². The first kappa shape index (κ1) is 18.6. The molecule has 0 aliphatic rings. The second-order valence-electron chi connectivity index (χ2n) is 6.86. The Balaban J connectivity index is 1.70. The molecule has 0 spiro atoms. The van der Waals surface area contributed by atoms with Crippen LogP contribution in [0, 0.1) is 5.92 Å². The van der Waals surface area contributed by atoms with E-state index in [0.717, 1.165) is 16.3 Å². The molecule has 0 aliphatic heterocycles. The van der Waals surface area contributed by atoms with Gasteiger partial charge in [0.25, 0.3) is 5.91 Å². The van der Waals surface area contributed by atoms with Crippen LogP contribution in [0.2, 0.25) is 0 Å². The lowest BCUT2D eigenvalue weighted by Crippen LogP contribution is -2.34. The number of benzene rings is 2. The summed E-state index contributed by atoms with van der Waals surface area (Å²) in [7, 11) is 0. The maximum Gasteiger partial charge on any atom is 0.308 e. The molecule has 0 saturated heterocycles. The molecule has 6 heteroatoms. The number of amides is 1. The number of carbonyl (C=O) groups excluding carboxylic acids is 1. The molecule has 2 N–H and O–H groups in total. The Morgan fingerprint density at radius 3 is 2.59 bits per heavy atom.